The molecule has 1 aliphatic rings. The quantitative estimate of drug-likeness (QED) is 0.692. The van der Waals surface area contributed by atoms with Gasteiger partial charge < -0.3 is 15.9 Å². The van der Waals surface area contributed by atoms with Gasteiger partial charge in [-0.1, -0.05) is 6.07 Å². The van der Waals surface area contributed by atoms with E-state index in [4.69, 9.17) is 10.8 Å². The van der Waals surface area contributed by atoms with E-state index >= 15 is 0 Å². The molecular weight excluding hydrogens is 230 g/mol. The van der Waals surface area contributed by atoms with Gasteiger partial charge in [0.15, 0.2) is 0 Å². The minimum atomic E-state index is -0.752. The number of hydrogen-bond acceptors (Lipinski definition) is 3. The zero-order valence-corrected chi connectivity index (χ0v) is 10.4. The van der Waals surface area contributed by atoms with Crippen molar-refractivity contribution in [2.75, 3.05) is 0 Å². The number of nitrogens with two attached hydrogens (primary N) is 1. The Balaban J connectivity index is 1.96. The van der Waals surface area contributed by atoms with Crippen LogP contribution in [0.4, 0.5) is 0 Å². The van der Waals surface area contributed by atoms with Gasteiger partial charge in [0.05, 0.1) is 0 Å². The van der Waals surface area contributed by atoms with Crippen LogP contribution in [0.15, 0.2) is 12.1 Å². The predicted octanol–water partition coefficient (Wildman–Crippen LogP) is 1.62. The highest BCUT2D eigenvalue weighted by molar-refractivity contribution is 5.66. The number of hydrogen-bond donors (Lipinski definition) is 3. The summed E-state index contributed by atoms with van der Waals surface area (Å²) in [5, 5.41) is 18.5. The molecule has 0 fully saturated rings. The van der Waals surface area contributed by atoms with E-state index in [1.165, 1.54) is 0 Å². The van der Waals surface area contributed by atoms with Gasteiger partial charge >= 0.3 is 5.97 Å². The third kappa shape index (κ3) is 3.01. The van der Waals surface area contributed by atoms with Crippen molar-refractivity contribution in [2.45, 2.75) is 44.6 Å². The Bertz CT molecular complexity index is 457. The summed E-state index contributed by atoms with van der Waals surface area (Å²) in [4.78, 5) is 10.4. The van der Waals surface area contributed by atoms with Gasteiger partial charge in [0.2, 0.25) is 0 Å². The Morgan fingerprint density at radius 1 is 1.33 bits per heavy atom. The summed E-state index contributed by atoms with van der Waals surface area (Å²) in [5.74, 6) is -0.411. The second-order valence-corrected chi connectivity index (χ2v) is 5.02. The van der Waals surface area contributed by atoms with E-state index in [-0.39, 0.29) is 12.5 Å². The molecule has 0 radical (unpaired) electrons. The van der Waals surface area contributed by atoms with E-state index in [0.29, 0.717) is 12.2 Å². The fraction of sp³-hybridized carbons (Fsp3) is 0.500. The standard InChI is InChI=1S/C14H19NO3/c15-11-7-10-5-9(3-1-2-4-14(17)18)6-13(16)12(10)8-11/h5-6,11,16H,1-4,7-8,15H2,(H,17,18). The zero-order chi connectivity index (χ0) is 13.1. The molecule has 1 atom stereocenters. The number of fused-ring (bicyclic) bond motifs is 1. The number of carboxylic acid groups (broad SMARTS) is 1. The maximum Gasteiger partial charge on any atom is 0.303 e. The SMILES string of the molecule is NC1Cc2cc(CCCCC(=O)O)cc(O)c2C1. The van der Waals surface area contributed by atoms with E-state index in [0.717, 1.165) is 42.4 Å². The van der Waals surface area contributed by atoms with Crippen molar-refractivity contribution in [1.29, 1.82) is 0 Å². The van der Waals surface area contributed by atoms with Crippen LogP contribution in [0.1, 0.15) is 36.0 Å². The number of carboxylic acids is 1. The lowest BCUT2D eigenvalue weighted by atomic mass is 10.0. The Hall–Kier alpha value is -1.55. The van der Waals surface area contributed by atoms with Gasteiger partial charge in [-0.05, 0) is 54.9 Å². The first kappa shape index (κ1) is 12.9. The molecule has 18 heavy (non-hydrogen) atoms. The van der Waals surface area contributed by atoms with Gasteiger partial charge in [-0.15, -0.1) is 0 Å². The molecule has 0 saturated heterocycles. The average Bonchev–Trinajstić information content (AvgIpc) is 2.65. The third-order valence-corrected chi connectivity index (χ3v) is 3.43. The number of phenolic OH excluding ortho intramolecular Hbond substituents is 1. The average molecular weight is 249 g/mol. The highest BCUT2D eigenvalue weighted by Gasteiger charge is 2.21. The van der Waals surface area contributed by atoms with Crippen molar-refractivity contribution in [1.82, 2.24) is 0 Å². The van der Waals surface area contributed by atoms with Crippen molar-refractivity contribution in [3.05, 3.63) is 28.8 Å². The molecule has 1 aliphatic carbocycles. The molecule has 0 saturated carbocycles. The first-order valence-corrected chi connectivity index (χ1v) is 6.37. The molecule has 0 aliphatic heterocycles. The Kier molecular flexibility index (Phi) is 3.87. The minimum Gasteiger partial charge on any atom is -0.508 e. The van der Waals surface area contributed by atoms with Gasteiger partial charge in [0, 0.05) is 12.5 Å². The van der Waals surface area contributed by atoms with Crippen molar-refractivity contribution in [3.8, 4) is 5.75 Å². The maximum absolute atomic E-state index is 10.4. The fourth-order valence-corrected chi connectivity index (χ4v) is 2.56. The number of benzene rings is 1. The van der Waals surface area contributed by atoms with Crippen LogP contribution in [0.5, 0.6) is 5.75 Å². The molecule has 98 valence electrons. The summed E-state index contributed by atoms with van der Waals surface area (Å²) in [7, 11) is 0. The molecule has 1 aromatic rings. The summed E-state index contributed by atoms with van der Waals surface area (Å²) in [6.07, 6.45) is 4.10. The van der Waals surface area contributed by atoms with E-state index < -0.39 is 5.97 Å². The smallest absolute Gasteiger partial charge is 0.303 e. The van der Waals surface area contributed by atoms with Crippen LogP contribution >= 0.6 is 0 Å². The lowest BCUT2D eigenvalue weighted by Crippen LogP contribution is -2.19. The molecular formula is C14H19NO3. The lowest BCUT2D eigenvalue weighted by Gasteiger charge is -2.07. The highest BCUT2D eigenvalue weighted by atomic mass is 16.4. The summed E-state index contributed by atoms with van der Waals surface area (Å²) in [6, 6.07) is 4.01. The second kappa shape index (κ2) is 5.40. The van der Waals surface area contributed by atoms with Crippen LogP contribution in [0, 0.1) is 0 Å². The van der Waals surface area contributed by atoms with E-state index in [1.54, 1.807) is 6.07 Å². The van der Waals surface area contributed by atoms with E-state index in [9.17, 15) is 9.90 Å². The van der Waals surface area contributed by atoms with Crippen LogP contribution < -0.4 is 5.73 Å². The molecule has 0 bridgehead atoms. The van der Waals surface area contributed by atoms with Gasteiger partial charge in [0.25, 0.3) is 0 Å². The van der Waals surface area contributed by atoms with Crippen molar-refractivity contribution < 1.29 is 15.0 Å². The molecule has 4 N–H and O–H groups in total. The molecule has 0 spiro atoms. The number of aromatic hydroxyl groups is 1. The van der Waals surface area contributed by atoms with Crippen LogP contribution in [-0.2, 0) is 24.1 Å². The van der Waals surface area contributed by atoms with Crippen molar-refractivity contribution in [2.24, 2.45) is 5.73 Å². The van der Waals surface area contributed by atoms with Gasteiger partial charge in [-0.25, -0.2) is 0 Å². The van der Waals surface area contributed by atoms with Crippen LogP contribution in [-0.4, -0.2) is 22.2 Å². The van der Waals surface area contributed by atoms with Gasteiger partial charge in [-0.3, -0.25) is 4.79 Å². The number of unbranched alkanes of at least 4 members (excludes halogenated alkanes) is 1. The largest absolute Gasteiger partial charge is 0.508 e. The lowest BCUT2D eigenvalue weighted by molar-refractivity contribution is -0.137. The summed E-state index contributed by atoms with van der Waals surface area (Å²) >= 11 is 0. The number of carbonyl (C=O) groups is 1. The Morgan fingerprint density at radius 3 is 2.83 bits per heavy atom. The highest BCUT2D eigenvalue weighted by Crippen LogP contribution is 2.31. The predicted molar refractivity (Wildman–Crippen MR) is 68.7 cm³/mol. The van der Waals surface area contributed by atoms with Gasteiger partial charge in [0.1, 0.15) is 5.75 Å². The molecule has 4 nitrogen and oxygen atoms in total. The molecule has 4 heteroatoms. The Morgan fingerprint density at radius 2 is 2.11 bits per heavy atom. The van der Waals surface area contributed by atoms with Crippen LogP contribution in [0.3, 0.4) is 0 Å². The van der Waals surface area contributed by atoms with Crippen LogP contribution in [0.2, 0.25) is 0 Å². The van der Waals surface area contributed by atoms with E-state index in [2.05, 4.69) is 6.07 Å². The zero-order valence-electron chi connectivity index (χ0n) is 10.4. The van der Waals surface area contributed by atoms with E-state index in [1.807, 2.05) is 0 Å². The normalized spacial score (nSPS) is 17.7. The summed E-state index contributed by atoms with van der Waals surface area (Å²) < 4.78 is 0. The van der Waals surface area contributed by atoms with Crippen molar-refractivity contribution >= 4 is 5.97 Å². The molecule has 0 amide bonds. The number of phenols is 1. The number of rotatable bonds is 5. The topological polar surface area (TPSA) is 83.6 Å². The molecule has 2 rings (SSSR count). The fourth-order valence-electron chi connectivity index (χ4n) is 2.56. The van der Waals surface area contributed by atoms with Crippen molar-refractivity contribution in [3.63, 3.8) is 0 Å². The minimum absolute atomic E-state index is 0.119. The summed E-state index contributed by atoms with van der Waals surface area (Å²) in [5.41, 5.74) is 9.09. The molecule has 0 heterocycles. The number of aryl methyl sites for hydroxylation is 1. The summed E-state index contributed by atoms with van der Waals surface area (Å²) in [6.45, 7) is 0. The molecule has 1 unspecified atom stereocenters. The number of aliphatic carboxylic acids is 1. The second-order valence-electron chi connectivity index (χ2n) is 5.02. The monoisotopic (exact) mass is 249 g/mol. The van der Waals surface area contributed by atoms with Crippen LogP contribution in [0.25, 0.3) is 0 Å². The molecule has 1 aromatic carbocycles. The van der Waals surface area contributed by atoms with Gasteiger partial charge in [-0.2, -0.15) is 0 Å². The Labute approximate surface area is 106 Å². The first-order valence-electron chi connectivity index (χ1n) is 6.37. The molecule has 0 aromatic heterocycles. The first-order chi connectivity index (χ1) is 8.56. The third-order valence-electron chi connectivity index (χ3n) is 3.43. The maximum atomic E-state index is 10.4.